The van der Waals surface area contributed by atoms with Gasteiger partial charge in [0, 0.05) is 49.3 Å². The molecule has 3 heterocycles. The van der Waals surface area contributed by atoms with Crippen LogP contribution in [0.1, 0.15) is 85.7 Å². The molecule has 35 heavy (non-hydrogen) atoms. The number of aromatic amines is 1. The lowest BCUT2D eigenvalue weighted by molar-refractivity contribution is -0.137. The number of H-pyrrole nitrogens is 1. The summed E-state index contributed by atoms with van der Waals surface area (Å²) in [5, 5.41) is 5.36. The van der Waals surface area contributed by atoms with Crippen LogP contribution in [0.2, 0.25) is 0 Å². The van der Waals surface area contributed by atoms with Crippen molar-refractivity contribution in [2.24, 2.45) is 0 Å². The molecular formula is C26H33F3N4O2. The molecule has 1 aliphatic heterocycles. The van der Waals surface area contributed by atoms with Crippen molar-refractivity contribution < 1.29 is 22.7 Å². The smallest absolute Gasteiger partial charge is 0.378 e. The van der Waals surface area contributed by atoms with E-state index in [1.54, 1.807) is 16.7 Å². The van der Waals surface area contributed by atoms with Crippen molar-refractivity contribution in [2.75, 3.05) is 20.2 Å². The number of ether oxygens (including phenoxy) is 1. The van der Waals surface area contributed by atoms with Crippen molar-refractivity contribution in [2.45, 2.75) is 70.7 Å². The van der Waals surface area contributed by atoms with Crippen molar-refractivity contribution >= 4 is 16.8 Å². The summed E-state index contributed by atoms with van der Waals surface area (Å²) in [6, 6.07) is 5.75. The van der Waals surface area contributed by atoms with Crippen LogP contribution in [0.25, 0.3) is 10.9 Å². The van der Waals surface area contributed by atoms with Crippen LogP contribution in [-0.2, 0) is 10.9 Å². The van der Waals surface area contributed by atoms with Gasteiger partial charge in [0.15, 0.2) is 0 Å². The fourth-order valence-electron chi connectivity index (χ4n) is 4.65. The molecule has 1 aliphatic rings. The van der Waals surface area contributed by atoms with Gasteiger partial charge in [-0.3, -0.25) is 9.48 Å². The Balaban J connectivity index is 1.47. The van der Waals surface area contributed by atoms with Gasteiger partial charge in [0.2, 0.25) is 0 Å². The Hall–Kier alpha value is -2.81. The summed E-state index contributed by atoms with van der Waals surface area (Å²) in [7, 11) is 1.65. The van der Waals surface area contributed by atoms with Gasteiger partial charge in [-0.1, -0.05) is 13.8 Å². The number of hydrogen-bond acceptors (Lipinski definition) is 3. The highest BCUT2D eigenvalue weighted by Gasteiger charge is 2.34. The van der Waals surface area contributed by atoms with E-state index in [-0.39, 0.29) is 29.9 Å². The van der Waals surface area contributed by atoms with Gasteiger partial charge in [-0.05, 0) is 62.4 Å². The molecule has 0 bridgehead atoms. The maximum atomic E-state index is 13.2. The Morgan fingerprint density at radius 3 is 2.46 bits per heavy atom. The third-order valence-electron chi connectivity index (χ3n) is 7.04. The lowest BCUT2D eigenvalue weighted by atomic mass is 9.90. The van der Waals surface area contributed by atoms with E-state index in [0.29, 0.717) is 29.7 Å². The maximum Gasteiger partial charge on any atom is 0.416 e. The highest BCUT2D eigenvalue weighted by atomic mass is 19.4. The van der Waals surface area contributed by atoms with Crippen LogP contribution >= 0.6 is 0 Å². The zero-order valence-corrected chi connectivity index (χ0v) is 20.8. The number of carbonyl (C=O) groups is 1. The van der Waals surface area contributed by atoms with Gasteiger partial charge >= 0.3 is 6.18 Å². The van der Waals surface area contributed by atoms with E-state index in [2.05, 4.69) is 11.9 Å². The van der Waals surface area contributed by atoms with E-state index in [0.717, 1.165) is 30.2 Å². The number of aromatic nitrogens is 3. The third-order valence-corrected chi connectivity index (χ3v) is 7.04. The number of rotatable bonds is 8. The number of nitrogens with one attached hydrogen (secondary N) is 1. The van der Waals surface area contributed by atoms with Gasteiger partial charge in [0.05, 0.1) is 17.4 Å². The molecule has 0 aliphatic carbocycles. The molecule has 9 heteroatoms. The highest BCUT2D eigenvalue weighted by molar-refractivity contribution is 5.93. The first-order valence-corrected chi connectivity index (χ1v) is 12.1. The van der Waals surface area contributed by atoms with Gasteiger partial charge in [-0.25, -0.2) is 0 Å². The highest BCUT2D eigenvalue weighted by Crippen LogP contribution is 2.36. The summed E-state index contributed by atoms with van der Waals surface area (Å²) < 4.78 is 46.7. The Labute approximate surface area is 203 Å². The quantitative estimate of drug-likeness (QED) is 0.414. The number of hydrogen-bond donors (Lipinski definition) is 1. The molecule has 3 aromatic rings. The van der Waals surface area contributed by atoms with Crippen LogP contribution in [-0.4, -0.2) is 51.9 Å². The fraction of sp³-hybridized carbons (Fsp3) is 0.538. The normalized spacial score (nSPS) is 16.7. The summed E-state index contributed by atoms with van der Waals surface area (Å²) >= 11 is 0. The summed E-state index contributed by atoms with van der Waals surface area (Å²) in [5.41, 5.74) is 2.39. The number of carbonyl (C=O) groups excluding carboxylic acids is 1. The largest absolute Gasteiger partial charge is 0.416 e. The lowest BCUT2D eigenvalue weighted by Gasteiger charge is -2.38. The van der Waals surface area contributed by atoms with Crippen LogP contribution in [0.5, 0.6) is 0 Å². The van der Waals surface area contributed by atoms with Crippen LogP contribution in [0.3, 0.4) is 0 Å². The van der Waals surface area contributed by atoms with Crippen molar-refractivity contribution in [3.63, 3.8) is 0 Å². The molecule has 6 nitrogen and oxygen atoms in total. The molecule has 1 fully saturated rings. The van der Waals surface area contributed by atoms with E-state index < -0.39 is 11.7 Å². The number of methoxy groups -OCH3 is 1. The monoisotopic (exact) mass is 490 g/mol. The molecule has 1 amide bonds. The second-order valence-electron chi connectivity index (χ2n) is 9.94. The molecule has 1 N–H and O–H groups in total. The van der Waals surface area contributed by atoms with Crippen molar-refractivity contribution in [1.29, 1.82) is 0 Å². The third kappa shape index (κ3) is 5.10. The first kappa shape index (κ1) is 25.3. The van der Waals surface area contributed by atoms with Crippen molar-refractivity contribution in [3.05, 3.63) is 53.0 Å². The van der Waals surface area contributed by atoms with Gasteiger partial charge in [0.1, 0.15) is 5.69 Å². The van der Waals surface area contributed by atoms with E-state index >= 15 is 0 Å². The molecule has 1 aromatic carbocycles. The molecule has 190 valence electrons. The molecule has 4 rings (SSSR count). The zero-order valence-electron chi connectivity index (χ0n) is 20.8. The van der Waals surface area contributed by atoms with Crippen molar-refractivity contribution in [3.8, 4) is 0 Å². The second kappa shape index (κ2) is 9.68. The van der Waals surface area contributed by atoms with Crippen LogP contribution < -0.4 is 0 Å². The molecule has 0 saturated carbocycles. The average Bonchev–Trinajstić information content (AvgIpc) is 3.40. The minimum atomic E-state index is -4.37. The van der Waals surface area contributed by atoms with Gasteiger partial charge < -0.3 is 14.6 Å². The number of fused-ring (bicyclic) bond motifs is 1. The van der Waals surface area contributed by atoms with Gasteiger partial charge in [0.25, 0.3) is 5.91 Å². The van der Waals surface area contributed by atoms with Crippen molar-refractivity contribution in [1.82, 2.24) is 19.7 Å². The Bertz CT molecular complexity index is 1190. The maximum absolute atomic E-state index is 13.2. The van der Waals surface area contributed by atoms with E-state index in [9.17, 15) is 18.0 Å². The number of benzene rings is 1. The Morgan fingerprint density at radius 2 is 1.83 bits per heavy atom. The number of likely N-dealkylation sites (tertiary alicyclic amines) is 1. The predicted molar refractivity (Wildman–Crippen MR) is 129 cm³/mol. The van der Waals surface area contributed by atoms with Gasteiger partial charge in [-0.2, -0.15) is 18.3 Å². The van der Waals surface area contributed by atoms with E-state index in [1.165, 1.54) is 12.1 Å². The molecule has 0 spiro atoms. The molecule has 1 saturated heterocycles. The number of amides is 1. The SMILES string of the molecule is COC1CN(C(=O)c2cc(C(C)CCC(C)c3c[nH]c4ccc(C(F)(F)F)cc34)nn2C(C)C)C1. The molecular weight excluding hydrogens is 457 g/mol. The summed E-state index contributed by atoms with van der Waals surface area (Å²) in [5.74, 6) is 0.128. The summed E-state index contributed by atoms with van der Waals surface area (Å²) in [6.07, 6.45) is -0.892. The first-order chi connectivity index (χ1) is 16.5. The Kier molecular flexibility index (Phi) is 6.99. The van der Waals surface area contributed by atoms with E-state index in [4.69, 9.17) is 9.84 Å². The first-order valence-electron chi connectivity index (χ1n) is 12.1. The number of nitrogens with zero attached hydrogens (tertiary/aromatic N) is 3. The number of alkyl halides is 3. The average molecular weight is 491 g/mol. The minimum absolute atomic E-state index is 0.0365. The number of halogens is 3. The lowest BCUT2D eigenvalue weighted by Crippen LogP contribution is -2.54. The molecule has 2 aromatic heterocycles. The van der Waals surface area contributed by atoms with Crippen LogP contribution in [0, 0.1) is 0 Å². The molecule has 0 radical (unpaired) electrons. The zero-order chi connectivity index (χ0) is 25.5. The standard InChI is InChI=1S/C26H33F3N4O2/c1-15(2)33-24(25(34)32-13-19(14-32)35-5)11-23(31-33)17(4)7-6-16(3)21-12-30-22-9-8-18(10-20(21)22)26(27,28)29/h8-12,15-17,19,30H,6-7,13-14H2,1-5H3. The topological polar surface area (TPSA) is 63.1 Å². The van der Waals surface area contributed by atoms with Crippen LogP contribution in [0.15, 0.2) is 30.5 Å². The van der Waals surface area contributed by atoms with Gasteiger partial charge in [-0.15, -0.1) is 0 Å². The second-order valence-corrected chi connectivity index (χ2v) is 9.94. The summed E-state index contributed by atoms with van der Waals surface area (Å²) in [6.45, 7) is 9.29. The molecule has 2 atom stereocenters. The molecule has 2 unspecified atom stereocenters. The fourth-order valence-corrected chi connectivity index (χ4v) is 4.65. The Morgan fingerprint density at radius 1 is 1.14 bits per heavy atom. The predicted octanol–water partition coefficient (Wildman–Crippen LogP) is 6.12. The van der Waals surface area contributed by atoms with E-state index in [1.807, 2.05) is 33.0 Å². The summed E-state index contributed by atoms with van der Waals surface area (Å²) in [4.78, 5) is 17.9. The minimum Gasteiger partial charge on any atom is -0.378 e. The van der Waals surface area contributed by atoms with Crippen LogP contribution in [0.4, 0.5) is 13.2 Å².